The van der Waals surface area contributed by atoms with E-state index < -0.39 is 40.4 Å². The number of rotatable bonds is 18. The van der Waals surface area contributed by atoms with Gasteiger partial charge >= 0.3 is 0 Å². The topological polar surface area (TPSA) is 177 Å². The van der Waals surface area contributed by atoms with Gasteiger partial charge in [0.1, 0.15) is 24.0 Å². The Morgan fingerprint density at radius 1 is 1.00 bits per heavy atom. The molecule has 1 aromatic heterocycles. The third kappa shape index (κ3) is 11.7. The lowest BCUT2D eigenvalue weighted by molar-refractivity contribution is -0.164. The van der Waals surface area contributed by atoms with Crippen LogP contribution in [0.1, 0.15) is 133 Å². The summed E-state index contributed by atoms with van der Waals surface area (Å²) in [6.45, 7) is 20.5. The van der Waals surface area contributed by atoms with Gasteiger partial charge in [-0.15, -0.1) is 11.3 Å². The fraction of sp³-hybridized carbons (Fsp3) is 0.552. The number of likely N-dealkylation sites (tertiary alicyclic amines) is 1. The quantitative estimate of drug-likeness (QED) is 0.0753. The molecule has 7 atom stereocenters. The van der Waals surface area contributed by atoms with E-state index in [-0.39, 0.29) is 61.0 Å². The maximum Gasteiger partial charge on any atom is 0.251 e. The van der Waals surface area contributed by atoms with E-state index in [1.807, 2.05) is 76.5 Å². The molecule has 3 aliphatic heterocycles. The fourth-order valence-electron chi connectivity index (χ4n) is 12.4. The molecule has 4 aromatic rings. The summed E-state index contributed by atoms with van der Waals surface area (Å²) >= 11 is 7.89. The molecule has 4 heterocycles. The molecule has 3 unspecified atom stereocenters. The number of piperazine rings is 1. The zero-order valence-corrected chi connectivity index (χ0v) is 45.5. The van der Waals surface area contributed by atoms with E-state index in [4.69, 9.17) is 16.3 Å². The van der Waals surface area contributed by atoms with E-state index >= 15 is 0 Å². The molecule has 1 saturated carbocycles. The molecule has 0 spiro atoms. The number of fused-ring (bicyclic) bond motifs is 2. The average Bonchev–Trinajstić information content (AvgIpc) is 4.02. The SMILES string of the molecule is Cc1ncsc1-c1ccc([C@H](C)CC(=O)[C@@H]2C[C@@H](O)CN2C(=O)[C@@H](NC(=O)C(CCCc2ccc(C(=O)NC3C(C)(C)C(Oc4ccc(C#N)c(Cl)c4)C3(C)C)cc2)CN2C3CCC2CNC3)C(C)(C)C)cc1. The number of carbonyl (C=O) groups is 4. The van der Waals surface area contributed by atoms with Gasteiger partial charge in [-0.2, -0.15) is 5.26 Å². The summed E-state index contributed by atoms with van der Waals surface area (Å²) in [6, 6.07) is 21.8. The van der Waals surface area contributed by atoms with Crippen molar-refractivity contribution < 1.29 is 29.0 Å². The first-order valence-corrected chi connectivity index (χ1v) is 27.4. The molecule has 3 saturated heterocycles. The Labute approximate surface area is 440 Å². The Hall–Kier alpha value is -5.17. The van der Waals surface area contributed by atoms with Gasteiger partial charge in [0, 0.05) is 79.6 Å². The fourth-order valence-corrected chi connectivity index (χ4v) is 13.5. The normalized spacial score (nSPS) is 24.4. The van der Waals surface area contributed by atoms with Crippen molar-refractivity contribution in [1.82, 2.24) is 30.7 Å². The van der Waals surface area contributed by atoms with Crippen LogP contribution >= 0.6 is 22.9 Å². The van der Waals surface area contributed by atoms with Crippen LogP contribution in [0.4, 0.5) is 0 Å². The predicted octanol–water partition coefficient (Wildman–Crippen LogP) is 8.89. The van der Waals surface area contributed by atoms with E-state index in [0.717, 1.165) is 59.6 Å². The van der Waals surface area contributed by atoms with Crippen LogP contribution in [-0.2, 0) is 20.8 Å². The number of ketones is 1. The zero-order chi connectivity index (χ0) is 52.6. The first-order valence-electron chi connectivity index (χ1n) is 26.1. The van der Waals surface area contributed by atoms with Crippen molar-refractivity contribution in [3.63, 3.8) is 0 Å². The molecule has 0 radical (unpaired) electrons. The summed E-state index contributed by atoms with van der Waals surface area (Å²) in [5, 5.41) is 30.6. The number of halogens is 1. The third-order valence-corrected chi connectivity index (χ3v) is 17.6. The van der Waals surface area contributed by atoms with Crippen molar-refractivity contribution in [3.8, 4) is 22.3 Å². The Bertz CT molecular complexity index is 2660. The van der Waals surface area contributed by atoms with Crippen molar-refractivity contribution in [1.29, 1.82) is 5.26 Å². The molecule has 3 amide bonds. The second kappa shape index (κ2) is 22.0. The number of nitriles is 1. The highest BCUT2D eigenvalue weighted by Gasteiger charge is 2.64. The Balaban J connectivity index is 0.898. The summed E-state index contributed by atoms with van der Waals surface area (Å²) in [6.07, 6.45) is 3.49. The van der Waals surface area contributed by atoms with Gasteiger partial charge in [0.15, 0.2) is 5.78 Å². The number of thiazole rings is 1. The van der Waals surface area contributed by atoms with Crippen LogP contribution in [0.2, 0.25) is 5.02 Å². The van der Waals surface area contributed by atoms with Gasteiger partial charge in [-0.25, -0.2) is 4.98 Å². The Kier molecular flexibility index (Phi) is 16.3. The van der Waals surface area contributed by atoms with Crippen LogP contribution in [0, 0.1) is 40.4 Å². The highest BCUT2D eigenvalue weighted by atomic mass is 35.5. The number of aliphatic hydroxyl groups is 1. The van der Waals surface area contributed by atoms with Gasteiger partial charge in [0.25, 0.3) is 5.91 Å². The van der Waals surface area contributed by atoms with Crippen LogP contribution in [0.15, 0.2) is 72.2 Å². The maximum absolute atomic E-state index is 14.8. The molecule has 1 aliphatic carbocycles. The highest BCUT2D eigenvalue weighted by Crippen LogP contribution is 2.55. The van der Waals surface area contributed by atoms with Gasteiger partial charge in [-0.3, -0.25) is 24.1 Å². The van der Waals surface area contributed by atoms with Gasteiger partial charge in [0.2, 0.25) is 11.8 Å². The first kappa shape index (κ1) is 54.1. The number of benzene rings is 3. The monoisotopic (exact) mass is 1030 g/mol. The van der Waals surface area contributed by atoms with Crippen LogP contribution < -0.4 is 20.7 Å². The lowest BCUT2D eigenvalue weighted by atomic mass is 9.49. The molecular formula is C58H74ClN7O6S. The minimum Gasteiger partial charge on any atom is -0.489 e. The van der Waals surface area contributed by atoms with Crippen molar-refractivity contribution in [3.05, 3.63) is 105 Å². The molecule has 73 heavy (non-hydrogen) atoms. The summed E-state index contributed by atoms with van der Waals surface area (Å²) in [7, 11) is 0. The number of hydrogen-bond donors (Lipinski definition) is 4. The smallest absolute Gasteiger partial charge is 0.251 e. The van der Waals surface area contributed by atoms with E-state index in [9.17, 15) is 29.5 Å². The van der Waals surface area contributed by atoms with Gasteiger partial charge in [0.05, 0.1) is 44.7 Å². The molecule has 4 aliphatic rings. The molecule has 3 aromatic carbocycles. The number of aryl methyl sites for hydroxylation is 2. The van der Waals surface area contributed by atoms with Crippen molar-refractivity contribution in [2.24, 2.45) is 22.2 Å². The minimum atomic E-state index is -0.919. The van der Waals surface area contributed by atoms with E-state index in [2.05, 4.69) is 71.7 Å². The minimum absolute atomic E-state index is 0.0338. The number of nitrogens with one attached hydrogen (secondary N) is 3. The van der Waals surface area contributed by atoms with Crippen molar-refractivity contribution >= 4 is 46.4 Å². The number of carbonyl (C=O) groups excluding carboxylic acids is 4. The molecule has 390 valence electrons. The molecule has 2 bridgehead atoms. The van der Waals surface area contributed by atoms with Gasteiger partial charge in [-0.1, -0.05) is 103 Å². The highest BCUT2D eigenvalue weighted by molar-refractivity contribution is 7.13. The van der Waals surface area contributed by atoms with Crippen LogP contribution in [0.5, 0.6) is 5.75 Å². The molecule has 15 heteroatoms. The number of Topliss-reactive ketones (excluding diaryl/α,β-unsaturated/α-hetero) is 1. The van der Waals surface area contributed by atoms with Crippen LogP contribution in [-0.4, -0.2) is 112 Å². The summed E-state index contributed by atoms with van der Waals surface area (Å²) in [5.74, 6) is -0.712. The predicted molar refractivity (Wildman–Crippen MR) is 286 cm³/mol. The summed E-state index contributed by atoms with van der Waals surface area (Å²) in [5.41, 5.74) is 5.43. The largest absolute Gasteiger partial charge is 0.489 e. The summed E-state index contributed by atoms with van der Waals surface area (Å²) in [4.78, 5) is 66.8. The average molecular weight is 1030 g/mol. The molecule has 4 N–H and O–H groups in total. The maximum atomic E-state index is 14.8. The standard InChI is InChI=1S/C58H74ClN7O6S/c1-34(37-17-19-38(20-18-37)49-35(2)62-33-73-49)25-48(68)47-26-44(67)32-66(47)53(71)50(56(3,4)5)63-52(70)41(31-65-42-22-23-43(65)30-61-29-42)12-10-11-36-13-15-39(16-14-36)51(69)64-54-57(6,7)55(58(54,8)9)72-45-24-21-40(28-60)46(59)27-45/h13-21,24,27,33-34,41-44,47,50,54-55,61,67H,10-12,22-23,25-26,29-32H2,1-9H3,(H,63,70)(H,64,69)/t34-,41?,42?,43?,44-,47+,50-,54?,55?/m1/s1. The number of aromatic nitrogens is 1. The van der Waals surface area contributed by atoms with Gasteiger partial charge in [-0.05, 0) is 91.3 Å². The number of β-amino-alcohol motifs (C(OH)–C–C–N with tert-alkyl or cyclic N) is 1. The molecule has 13 nitrogen and oxygen atoms in total. The molecule has 4 fully saturated rings. The van der Waals surface area contributed by atoms with E-state index in [0.29, 0.717) is 53.4 Å². The Morgan fingerprint density at radius 2 is 1.67 bits per heavy atom. The zero-order valence-electron chi connectivity index (χ0n) is 44.0. The van der Waals surface area contributed by atoms with Gasteiger partial charge < -0.3 is 30.7 Å². The van der Waals surface area contributed by atoms with E-state index in [1.165, 1.54) is 4.90 Å². The number of ether oxygens (including phenoxy) is 1. The number of aliphatic hydroxyl groups excluding tert-OH is 1. The second-order valence-electron chi connectivity index (χ2n) is 23.5. The summed E-state index contributed by atoms with van der Waals surface area (Å²) < 4.78 is 6.42. The molecular weight excluding hydrogens is 958 g/mol. The van der Waals surface area contributed by atoms with Crippen molar-refractivity contribution in [2.75, 3.05) is 26.2 Å². The van der Waals surface area contributed by atoms with Crippen LogP contribution in [0.3, 0.4) is 0 Å². The molecule has 8 rings (SSSR count). The van der Waals surface area contributed by atoms with E-state index in [1.54, 1.807) is 29.5 Å². The first-order chi connectivity index (χ1) is 34.6. The second-order valence-corrected chi connectivity index (χ2v) is 24.8. The third-order valence-electron chi connectivity index (χ3n) is 16.3. The Morgan fingerprint density at radius 3 is 2.27 bits per heavy atom. The van der Waals surface area contributed by atoms with Crippen LogP contribution in [0.25, 0.3) is 10.4 Å². The number of nitrogens with zero attached hydrogens (tertiary/aromatic N) is 4. The van der Waals surface area contributed by atoms with Crippen molar-refractivity contribution in [2.45, 2.75) is 156 Å². The lowest BCUT2D eigenvalue weighted by Gasteiger charge is -2.63. The lowest BCUT2D eigenvalue weighted by Crippen LogP contribution is -2.74. The number of hydrogen-bond acceptors (Lipinski definition) is 11. The number of amides is 3.